The zero-order chi connectivity index (χ0) is 14.2. The number of aryl methyl sites for hydroxylation is 3. The number of hydrogen-bond donors (Lipinski definition) is 1. The second-order valence-corrected chi connectivity index (χ2v) is 5.50. The van der Waals surface area contributed by atoms with E-state index in [2.05, 4.69) is 5.10 Å². The fourth-order valence-corrected chi connectivity index (χ4v) is 2.58. The molecular formula is C14H16Cl2N2O. The largest absolute Gasteiger partial charge is 0.388 e. The molecule has 0 spiro atoms. The van der Waals surface area contributed by atoms with Gasteiger partial charge in [-0.15, -0.1) is 0 Å². The first-order chi connectivity index (χ1) is 8.90. The highest BCUT2D eigenvalue weighted by atomic mass is 35.5. The summed E-state index contributed by atoms with van der Waals surface area (Å²) >= 11 is 12.2. The second-order valence-electron chi connectivity index (χ2n) is 4.69. The minimum absolute atomic E-state index is 0.414. The first-order valence-electron chi connectivity index (χ1n) is 6.02. The normalized spacial score (nSPS) is 12.7. The molecule has 5 heteroatoms. The van der Waals surface area contributed by atoms with Gasteiger partial charge in [0.05, 0.1) is 22.5 Å². The van der Waals surface area contributed by atoms with Crippen molar-refractivity contribution in [1.82, 2.24) is 9.78 Å². The molecule has 0 fully saturated rings. The molecule has 0 amide bonds. The summed E-state index contributed by atoms with van der Waals surface area (Å²) in [6, 6.07) is 5.50. The lowest BCUT2D eigenvalue weighted by Gasteiger charge is -2.14. The van der Waals surface area contributed by atoms with E-state index in [1.807, 2.05) is 33.0 Å². The first-order valence-corrected chi connectivity index (χ1v) is 6.78. The van der Waals surface area contributed by atoms with Gasteiger partial charge < -0.3 is 5.11 Å². The maximum Gasteiger partial charge on any atom is 0.0848 e. The average Bonchev–Trinajstić information content (AvgIpc) is 2.59. The van der Waals surface area contributed by atoms with Gasteiger partial charge in [-0.1, -0.05) is 29.3 Å². The zero-order valence-corrected chi connectivity index (χ0v) is 12.6. The van der Waals surface area contributed by atoms with Gasteiger partial charge in [0.1, 0.15) is 0 Å². The molecule has 2 rings (SSSR count). The Labute approximate surface area is 122 Å². The number of benzene rings is 1. The van der Waals surface area contributed by atoms with E-state index in [1.165, 1.54) is 0 Å². The Morgan fingerprint density at radius 3 is 2.58 bits per heavy atom. The Kier molecular flexibility index (Phi) is 4.19. The molecule has 0 saturated carbocycles. The Morgan fingerprint density at radius 2 is 2.00 bits per heavy atom. The third-order valence-corrected chi connectivity index (χ3v) is 3.98. The van der Waals surface area contributed by atoms with E-state index in [0.717, 1.165) is 22.5 Å². The molecule has 0 saturated heterocycles. The van der Waals surface area contributed by atoms with Gasteiger partial charge in [0.25, 0.3) is 0 Å². The summed E-state index contributed by atoms with van der Waals surface area (Å²) in [5.74, 6) is 0. The van der Waals surface area contributed by atoms with E-state index in [4.69, 9.17) is 23.2 Å². The molecule has 0 aliphatic carbocycles. The quantitative estimate of drug-likeness (QED) is 0.940. The van der Waals surface area contributed by atoms with E-state index >= 15 is 0 Å². The summed E-state index contributed by atoms with van der Waals surface area (Å²) in [5.41, 5.74) is 3.43. The van der Waals surface area contributed by atoms with Crippen molar-refractivity contribution in [1.29, 1.82) is 0 Å². The smallest absolute Gasteiger partial charge is 0.0848 e. The van der Waals surface area contributed by atoms with E-state index < -0.39 is 6.10 Å². The molecule has 102 valence electrons. The lowest BCUT2D eigenvalue weighted by atomic mass is 10.00. The van der Waals surface area contributed by atoms with Crippen LogP contribution in [-0.4, -0.2) is 14.9 Å². The van der Waals surface area contributed by atoms with Crippen molar-refractivity contribution in [3.05, 3.63) is 50.8 Å². The summed E-state index contributed by atoms with van der Waals surface area (Å²) in [7, 11) is 1.83. The van der Waals surface area contributed by atoms with Crippen LogP contribution in [-0.2, 0) is 13.5 Å². The minimum atomic E-state index is -0.647. The number of aliphatic hydroxyl groups is 1. The second kappa shape index (κ2) is 5.53. The number of aromatic nitrogens is 2. The van der Waals surface area contributed by atoms with Gasteiger partial charge in [-0.2, -0.15) is 5.10 Å². The summed E-state index contributed by atoms with van der Waals surface area (Å²) in [5, 5.41) is 15.9. The predicted molar refractivity (Wildman–Crippen MR) is 77.8 cm³/mol. The number of halogens is 2. The van der Waals surface area contributed by atoms with Crippen LogP contribution in [0, 0.1) is 13.8 Å². The molecule has 0 aliphatic heterocycles. The Bertz CT molecular complexity index is 608. The van der Waals surface area contributed by atoms with Crippen molar-refractivity contribution in [2.24, 2.45) is 7.05 Å². The highest BCUT2D eigenvalue weighted by Gasteiger charge is 2.18. The van der Waals surface area contributed by atoms with E-state index in [-0.39, 0.29) is 0 Å². The van der Waals surface area contributed by atoms with Gasteiger partial charge in [0, 0.05) is 18.5 Å². The fourth-order valence-electron chi connectivity index (χ4n) is 2.17. The van der Waals surface area contributed by atoms with Crippen LogP contribution in [0.4, 0.5) is 0 Å². The van der Waals surface area contributed by atoms with Crippen LogP contribution < -0.4 is 0 Å². The summed E-state index contributed by atoms with van der Waals surface area (Å²) < 4.78 is 1.71. The zero-order valence-electron chi connectivity index (χ0n) is 11.1. The molecule has 0 aliphatic rings. The molecule has 1 heterocycles. The minimum Gasteiger partial charge on any atom is -0.388 e. The molecule has 1 unspecified atom stereocenters. The molecule has 19 heavy (non-hydrogen) atoms. The maximum absolute atomic E-state index is 10.4. The summed E-state index contributed by atoms with van der Waals surface area (Å²) in [6.07, 6.45) is -0.233. The standard InChI is InChI=1S/C14H16Cl2N2O/c1-8-4-5-10(15)6-11(8)13(19)7-12-14(16)9(2)17-18(12)3/h4-6,13,19H,7H2,1-3H3. The van der Waals surface area contributed by atoms with Gasteiger partial charge in [-0.25, -0.2) is 0 Å². The van der Waals surface area contributed by atoms with Crippen molar-refractivity contribution in [3.63, 3.8) is 0 Å². The van der Waals surface area contributed by atoms with Crippen LogP contribution in [0.5, 0.6) is 0 Å². The van der Waals surface area contributed by atoms with Crippen LogP contribution in [0.3, 0.4) is 0 Å². The molecule has 1 atom stereocenters. The van der Waals surface area contributed by atoms with Crippen molar-refractivity contribution in [3.8, 4) is 0 Å². The molecule has 3 nitrogen and oxygen atoms in total. The topological polar surface area (TPSA) is 38.1 Å². The maximum atomic E-state index is 10.4. The average molecular weight is 299 g/mol. The SMILES string of the molecule is Cc1ccc(Cl)cc1C(O)Cc1c(Cl)c(C)nn1C. The van der Waals surface area contributed by atoms with E-state index in [1.54, 1.807) is 10.7 Å². The fraction of sp³-hybridized carbons (Fsp3) is 0.357. The molecular weight excluding hydrogens is 283 g/mol. The van der Waals surface area contributed by atoms with E-state index in [9.17, 15) is 5.11 Å². The van der Waals surface area contributed by atoms with Crippen molar-refractivity contribution in [2.45, 2.75) is 26.4 Å². The molecule has 1 aromatic carbocycles. The summed E-state index contributed by atoms with van der Waals surface area (Å²) in [6.45, 7) is 3.80. The van der Waals surface area contributed by atoms with Crippen LogP contribution in [0.2, 0.25) is 10.0 Å². The van der Waals surface area contributed by atoms with Crippen molar-refractivity contribution < 1.29 is 5.11 Å². The Hall–Kier alpha value is -1.03. The van der Waals surface area contributed by atoms with Crippen molar-refractivity contribution in [2.75, 3.05) is 0 Å². The van der Waals surface area contributed by atoms with Crippen LogP contribution in [0.25, 0.3) is 0 Å². The lowest BCUT2D eigenvalue weighted by molar-refractivity contribution is 0.175. The molecule has 2 aromatic rings. The third kappa shape index (κ3) is 2.94. The summed E-state index contributed by atoms with van der Waals surface area (Å²) in [4.78, 5) is 0. The number of rotatable bonds is 3. The third-order valence-electron chi connectivity index (χ3n) is 3.25. The highest BCUT2D eigenvalue weighted by Crippen LogP contribution is 2.28. The Morgan fingerprint density at radius 1 is 1.32 bits per heavy atom. The lowest BCUT2D eigenvalue weighted by Crippen LogP contribution is -2.08. The monoisotopic (exact) mass is 298 g/mol. The van der Waals surface area contributed by atoms with E-state index in [0.29, 0.717) is 16.5 Å². The van der Waals surface area contributed by atoms with Crippen LogP contribution in [0.1, 0.15) is 28.6 Å². The molecule has 1 aromatic heterocycles. The van der Waals surface area contributed by atoms with Gasteiger partial charge in [-0.3, -0.25) is 4.68 Å². The molecule has 0 bridgehead atoms. The van der Waals surface area contributed by atoms with Gasteiger partial charge in [0.15, 0.2) is 0 Å². The van der Waals surface area contributed by atoms with Gasteiger partial charge >= 0.3 is 0 Å². The predicted octanol–water partition coefficient (Wildman–Crippen LogP) is 3.62. The van der Waals surface area contributed by atoms with Crippen LogP contribution >= 0.6 is 23.2 Å². The molecule has 0 radical (unpaired) electrons. The van der Waals surface area contributed by atoms with Gasteiger partial charge in [-0.05, 0) is 37.1 Å². The highest BCUT2D eigenvalue weighted by molar-refractivity contribution is 6.32. The number of hydrogen-bond acceptors (Lipinski definition) is 2. The Balaban J connectivity index is 2.30. The molecule has 1 N–H and O–H groups in total. The van der Waals surface area contributed by atoms with Gasteiger partial charge in [0.2, 0.25) is 0 Å². The van der Waals surface area contributed by atoms with Crippen molar-refractivity contribution >= 4 is 23.2 Å². The van der Waals surface area contributed by atoms with Crippen LogP contribution in [0.15, 0.2) is 18.2 Å². The number of aliphatic hydroxyl groups excluding tert-OH is 1. The number of nitrogens with zero attached hydrogens (tertiary/aromatic N) is 2. The first kappa shape index (κ1) is 14.4.